The quantitative estimate of drug-likeness (QED) is 0.524. The van der Waals surface area contributed by atoms with E-state index in [4.69, 9.17) is 32.7 Å². The number of benzene rings is 1. The number of hydrogen-bond acceptors (Lipinski definition) is 5. The van der Waals surface area contributed by atoms with Crippen LogP contribution in [0.1, 0.15) is 30.7 Å². The second kappa shape index (κ2) is 6.83. The fourth-order valence-electron chi connectivity index (χ4n) is 2.55. The van der Waals surface area contributed by atoms with Crippen molar-refractivity contribution in [2.75, 3.05) is 7.11 Å². The van der Waals surface area contributed by atoms with E-state index in [-0.39, 0.29) is 21.5 Å². The van der Waals surface area contributed by atoms with Crippen LogP contribution in [-0.2, 0) is 0 Å². The minimum absolute atomic E-state index is 0.0650. The van der Waals surface area contributed by atoms with Crippen LogP contribution in [0, 0.1) is 10.1 Å². The van der Waals surface area contributed by atoms with E-state index < -0.39 is 4.92 Å². The van der Waals surface area contributed by atoms with Crippen molar-refractivity contribution in [2.24, 2.45) is 0 Å². The molecule has 0 atom stereocenters. The maximum atomic E-state index is 10.8. The third-order valence-corrected chi connectivity index (χ3v) is 4.57. The zero-order valence-corrected chi connectivity index (χ0v) is 14.3. The molecule has 1 aliphatic carbocycles. The van der Waals surface area contributed by atoms with Crippen LogP contribution in [0.15, 0.2) is 24.4 Å². The summed E-state index contributed by atoms with van der Waals surface area (Å²) < 4.78 is 11.0. The van der Waals surface area contributed by atoms with Crippen molar-refractivity contribution in [3.8, 4) is 17.4 Å². The average Bonchev–Trinajstić information content (AvgIpc) is 2.49. The number of rotatable bonds is 5. The molecule has 126 valence electrons. The van der Waals surface area contributed by atoms with E-state index in [1.165, 1.54) is 24.8 Å². The van der Waals surface area contributed by atoms with Crippen molar-refractivity contribution in [2.45, 2.75) is 25.2 Å². The molecule has 0 radical (unpaired) electrons. The van der Waals surface area contributed by atoms with Crippen molar-refractivity contribution in [3.63, 3.8) is 0 Å². The van der Waals surface area contributed by atoms with Gasteiger partial charge in [-0.25, -0.2) is 4.98 Å². The Hall–Kier alpha value is -2.05. The van der Waals surface area contributed by atoms with Gasteiger partial charge in [-0.15, -0.1) is 0 Å². The molecule has 2 aromatic rings. The van der Waals surface area contributed by atoms with Gasteiger partial charge in [-0.05, 0) is 24.8 Å². The molecule has 1 aliphatic rings. The number of nitro benzene ring substituents is 1. The van der Waals surface area contributed by atoms with E-state index in [2.05, 4.69) is 4.98 Å². The van der Waals surface area contributed by atoms with Crippen LogP contribution >= 0.6 is 23.2 Å². The first-order valence-electron chi connectivity index (χ1n) is 7.35. The lowest BCUT2D eigenvalue weighted by molar-refractivity contribution is -0.384. The molecule has 1 heterocycles. The summed E-state index contributed by atoms with van der Waals surface area (Å²) in [6.45, 7) is 0. The first-order valence-corrected chi connectivity index (χ1v) is 8.10. The first kappa shape index (κ1) is 16.8. The minimum atomic E-state index is -0.564. The molecule has 24 heavy (non-hydrogen) atoms. The maximum Gasteiger partial charge on any atom is 0.272 e. The zero-order valence-electron chi connectivity index (χ0n) is 12.8. The Bertz CT molecular complexity index is 771. The molecular formula is C16H14Cl2N2O4. The Morgan fingerprint density at radius 3 is 2.42 bits per heavy atom. The van der Waals surface area contributed by atoms with E-state index in [1.54, 1.807) is 7.11 Å². The lowest BCUT2D eigenvalue weighted by atomic mass is 9.80. The summed E-state index contributed by atoms with van der Waals surface area (Å²) in [5, 5.41) is 11.0. The molecule has 6 nitrogen and oxygen atoms in total. The molecule has 0 N–H and O–H groups in total. The van der Waals surface area contributed by atoms with E-state index in [0.717, 1.165) is 18.4 Å². The number of non-ortho nitro benzene ring substituents is 1. The second-order valence-corrected chi connectivity index (χ2v) is 6.31. The van der Waals surface area contributed by atoms with Gasteiger partial charge in [-0.3, -0.25) is 10.1 Å². The number of nitro groups is 1. The topological polar surface area (TPSA) is 74.5 Å². The van der Waals surface area contributed by atoms with Crippen LogP contribution in [0.5, 0.6) is 17.4 Å². The molecule has 0 saturated heterocycles. The molecule has 0 amide bonds. The van der Waals surface area contributed by atoms with Crippen LogP contribution in [0.25, 0.3) is 0 Å². The van der Waals surface area contributed by atoms with E-state index >= 15 is 0 Å². The van der Waals surface area contributed by atoms with Gasteiger partial charge in [0.05, 0.1) is 28.3 Å². The smallest absolute Gasteiger partial charge is 0.272 e. The summed E-state index contributed by atoms with van der Waals surface area (Å²) in [7, 11) is 1.58. The summed E-state index contributed by atoms with van der Waals surface area (Å²) in [5.41, 5.74) is 0.788. The molecule has 8 heteroatoms. The number of ether oxygens (including phenoxy) is 2. The van der Waals surface area contributed by atoms with Crippen LogP contribution in [0.4, 0.5) is 5.69 Å². The lowest BCUT2D eigenvalue weighted by Crippen LogP contribution is -2.11. The molecular weight excluding hydrogens is 355 g/mol. The fraction of sp³-hybridized carbons (Fsp3) is 0.312. The number of methoxy groups -OCH3 is 1. The highest BCUT2D eigenvalue weighted by molar-refractivity contribution is 6.37. The fourth-order valence-corrected chi connectivity index (χ4v) is 3.11. The maximum absolute atomic E-state index is 10.8. The molecule has 1 aromatic heterocycles. The standard InChI is InChI=1S/C16H14Cl2N2O4/c1-23-16-12(9-3-2-4-9)7-11(8-19-16)24-15-13(17)5-10(20(21)22)6-14(15)18/h5-9H,2-4H2,1H3. The Morgan fingerprint density at radius 1 is 1.25 bits per heavy atom. The van der Waals surface area contributed by atoms with Gasteiger partial charge in [0, 0.05) is 17.7 Å². The van der Waals surface area contributed by atoms with E-state index in [0.29, 0.717) is 17.5 Å². The molecule has 1 saturated carbocycles. The average molecular weight is 369 g/mol. The Morgan fingerprint density at radius 2 is 1.92 bits per heavy atom. The molecule has 0 aliphatic heterocycles. The SMILES string of the molecule is COc1ncc(Oc2c(Cl)cc([N+](=O)[O-])cc2Cl)cc1C1CCC1. The predicted molar refractivity (Wildman–Crippen MR) is 90.6 cm³/mol. The van der Waals surface area contributed by atoms with E-state index in [9.17, 15) is 10.1 Å². The summed E-state index contributed by atoms with van der Waals surface area (Å²) in [6, 6.07) is 4.25. The highest BCUT2D eigenvalue weighted by Crippen LogP contribution is 2.43. The van der Waals surface area contributed by atoms with Gasteiger partial charge in [-0.2, -0.15) is 0 Å². The van der Waals surface area contributed by atoms with Gasteiger partial charge in [0.15, 0.2) is 5.75 Å². The molecule has 0 unspecified atom stereocenters. The van der Waals surface area contributed by atoms with Gasteiger partial charge >= 0.3 is 0 Å². The van der Waals surface area contributed by atoms with Crippen molar-refractivity contribution in [3.05, 3.63) is 50.1 Å². The first-order chi connectivity index (χ1) is 11.5. The largest absolute Gasteiger partial charge is 0.481 e. The zero-order chi connectivity index (χ0) is 17.3. The van der Waals surface area contributed by atoms with Crippen LogP contribution in [-0.4, -0.2) is 17.0 Å². The predicted octanol–water partition coefficient (Wildman–Crippen LogP) is 5.37. The second-order valence-electron chi connectivity index (χ2n) is 5.50. The minimum Gasteiger partial charge on any atom is -0.481 e. The van der Waals surface area contributed by atoms with Crippen molar-refractivity contribution in [1.29, 1.82) is 0 Å². The number of hydrogen-bond donors (Lipinski definition) is 0. The number of halogens is 2. The highest BCUT2D eigenvalue weighted by Gasteiger charge is 2.25. The van der Waals surface area contributed by atoms with Crippen molar-refractivity contribution in [1.82, 2.24) is 4.98 Å². The van der Waals surface area contributed by atoms with Crippen LogP contribution in [0.3, 0.4) is 0 Å². The van der Waals surface area contributed by atoms with Crippen LogP contribution < -0.4 is 9.47 Å². The Balaban J connectivity index is 1.92. The van der Waals surface area contributed by atoms with E-state index in [1.807, 2.05) is 6.07 Å². The van der Waals surface area contributed by atoms with Gasteiger partial charge in [0.2, 0.25) is 5.88 Å². The summed E-state index contributed by atoms with van der Waals surface area (Å²) in [5.74, 6) is 1.59. The van der Waals surface area contributed by atoms with Gasteiger partial charge in [0.1, 0.15) is 5.75 Å². The third-order valence-electron chi connectivity index (χ3n) is 4.01. The Labute approximate surface area is 148 Å². The third kappa shape index (κ3) is 3.25. The van der Waals surface area contributed by atoms with Gasteiger partial charge in [-0.1, -0.05) is 29.6 Å². The molecule has 1 aromatic carbocycles. The normalized spacial score (nSPS) is 14.1. The number of pyridine rings is 1. The summed E-state index contributed by atoms with van der Waals surface area (Å²) >= 11 is 12.1. The molecule has 0 spiro atoms. The van der Waals surface area contributed by atoms with Crippen molar-refractivity contribution >= 4 is 28.9 Å². The monoisotopic (exact) mass is 368 g/mol. The van der Waals surface area contributed by atoms with Gasteiger partial charge in [0.25, 0.3) is 5.69 Å². The molecule has 1 fully saturated rings. The summed E-state index contributed by atoms with van der Waals surface area (Å²) in [6.07, 6.45) is 4.86. The highest BCUT2D eigenvalue weighted by atomic mass is 35.5. The summed E-state index contributed by atoms with van der Waals surface area (Å²) in [4.78, 5) is 14.5. The number of aromatic nitrogens is 1. The lowest BCUT2D eigenvalue weighted by Gasteiger charge is -2.27. The molecule has 0 bridgehead atoms. The van der Waals surface area contributed by atoms with Crippen LogP contribution in [0.2, 0.25) is 10.0 Å². The number of nitrogens with zero attached hydrogens (tertiary/aromatic N) is 2. The molecule has 3 rings (SSSR count). The van der Waals surface area contributed by atoms with Gasteiger partial charge < -0.3 is 9.47 Å². The Kier molecular flexibility index (Phi) is 4.78. The van der Waals surface area contributed by atoms with Crippen molar-refractivity contribution < 1.29 is 14.4 Å².